The number of furan rings is 1. The number of rotatable bonds is 2. The minimum absolute atomic E-state index is 0.297. The second-order valence-electron chi connectivity index (χ2n) is 5.08. The number of nitrogens with two attached hydrogens (primary N) is 1. The number of nitrogens with zero attached hydrogens (tertiary/aromatic N) is 3. The summed E-state index contributed by atoms with van der Waals surface area (Å²) in [4.78, 5) is 13.1. The molecule has 0 amide bonds. The van der Waals surface area contributed by atoms with Gasteiger partial charge in [0.25, 0.3) is 0 Å². The van der Waals surface area contributed by atoms with Gasteiger partial charge in [-0.2, -0.15) is 9.97 Å². The van der Waals surface area contributed by atoms with Crippen LogP contribution < -0.4 is 5.73 Å². The van der Waals surface area contributed by atoms with Crippen LogP contribution in [0.1, 0.15) is 50.3 Å². The van der Waals surface area contributed by atoms with E-state index in [1.807, 2.05) is 6.07 Å². The van der Waals surface area contributed by atoms with E-state index in [-0.39, 0.29) is 0 Å². The average Bonchev–Trinajstić information content (AvgIpc) is 2.81. The molecule has 2 aromatic rings. The van der Waals surface area contributed by atoms with Gasteiger partial charge < -0.3 is 10.2 Å². The fourth-order valence-electron chi connectivity index (χ4n) is 2.65. The van der Waals surface area contributed by atoms with Crippen molar-refractivity contribution in [2.75, 3.05) is 5.73 Å². The summed E-state index contributed by atoms with van der Waals surface area (Å²) >= 11 is 0. The fraction of sp³-hybridized carbons (Fsp3) is 0.500. The molecule has 2 N–H and O–H groups in total. The molecule has 0 radical (unpaired) electrons. The maximum absolute atomic E-state index is 5.82. The number of aromatic nitrogens is 3. The molecule has 1 aliphatic rings. The van der Waals surface area contributed by atoms with Crippen LogP contribution in [0.15, 0.2) is 23.0 Å². The Labute approximate surface area is 112 Å². The zero-order chi connectivity index (χ0) is 13.1. The Morgan fingerprint density at radius 3 is 2.53 bits per heavy atom. The van der Waals surface area contributed by atoms with E-state index in [4.69, 9.17) is 10.2 Å². The lowest BCUT2D eigenvalue weighted by Gasteiger charge is -2.13. The average molecular weight is 258 g/mol. The van der Waals surface area contributed by atoms with Crippen LogP contribution in [0, 0.1) is 0 Å². The van der Waals surface area contributed by atoms with Gasteiger partial charge in [0.15, 0.2) is 5.82 Å². The van der Waals surface area contributed by atoms with Gasteiger partial charge in [-0.3, -0.25) is 0 Å². The fourth-order valence-corrected chi connectivity index (χ4v) is 2.65. The molecule has 5 heteroatoms. The lowest BCUT2D eigenvalue weighted by molar-refractivity contribution is 0.558. The first-order chi connectivity index (χ1) is 9.33. The van der Waals surface area contributed by atoms with Crippen molar-refractivity contribution in [1.29, 1.82) is 0 Å². The summed E-state index contributed by atoms with van der Waals surface area (Å²) in [6, 6.07) is 1.84. The van der Waals surface area contributed by atoms with Crippen molar-refractivity contribution in [3.05, 3.63) is 24.4 Å². The molecule has 0 unspecified atom stereocenters. The van der Waals surface area contributed by atoms with E-state index in [9.17, 15) is 0 Å². The van der Waals surface area contributed by atoms with E-state index in [0.29, 0.717) is 17.7 Å². The topological polar surface area (TPSA) is 77.8 Å². The molecular formula is C14H18N4O. The first-order valence-electron chi connectivity index (χ1n) is 6.87. The van der Waals surface area contributed by atoms with Gasteiger partial charge in [0.2, 0.25) is 5.95 Å². The molecule has 3 rings (SSSR count). The van der Waals surface area contributed by atoms with Crippen LogP contribution >= 0.6 is 0 Å². The molecule has 0 saturated heterocycles. The van der Waals surface area contributed by atoms with Crippen molar-refractivity contribution in [3.8, 4) is 11.4 Å². The van der Waals surface area contributed by atoms with Crippen LogP contribution in [-0.4, -0.2) is 15.0 Å². The van der Waals surface area contributed by atoms with Crippen molar-refractivity contribution in [2.24, 2.45) is 0 Å². The maximum Gasteiger partial charge on any atom is 0.223 e. The third kappa shape index (κ3) is 2.75. The highest BCUT2D eigenvalue weighted by molar-refractivity contribution is 5.53. The molecule has 0 bridgehead atoms. The van der Waals surface area contributed by atoms with E-state index >= 15 is 0 Å². The summed E-state index contributed by atoms with van der Waals surface area (Å²) in [5.41, 5.74) is 6.67. The van der Waals surface area contributed by atoms with Crippen molar-refractivity contribution < 1.29 is 4.42 Å². The SMILES string of the molecule is Nc1nc(-c2ccoc2)nc(C2CCCCCC2)n1. The summed E-state index contributed by atoms with van der Waals surface area (Å²) < 4.78 is 5.07. The lowest BCUT2D eigenvalue weighted by atomic mass is 9.99. The van der Waals surface area contributed by atoms with Gasteiger partial charge in [0.1, 0.15) is 12.1 Å². The second-order valence-corrected chi connectivity index (χ2v) is 5.08. The van der Waals surface area contributed by atoms with Gasteiger partial charge in [-0.1, -0.05) is 25.7 Å². The Bertz CT molecular complexity index is 530. The minimum Gasteiger partial charge on any atom is -0.472 e. The Hall–Kier alpha value is -1.91. The summed E-state index contributed by atoms with van der Waals surface area (Å²) in [5.74, 6) is 2.16. The molecule has 0 spiro atoms. The third-order valence-corrected chi connectivity index (χ3v) is 3.67. The Balaban J connectivity index is 1.92. The van der Waals surface area contributed by atoms with Crippen molar-refractivity contribution in [1.82, 2.24) is 15.0 Å². The van der Waals surface area contributed by atoms with Crippen LogP contribution in [0.3, 0.4) is 0 Å². The zero-order valence-electron chi connectivity index (χ0n) is 10.9. The third-order valence-electron chi connectivity index (χ3n) is 3.67. The number of hydrogen-bond acceptors (Lipinski definition) is 5. The van der Waals surface area contributed by atoms with Gasteiger partial charge in [-0.15, -0.1) is 0 Å². The first-order valence-corrected chi connectivity index (χ1v) is 6.87. The molecule has 19 heavy (non-hydrogen) atoms. The molecule has 2 aromatic heterocycles. The molecule has 0 aliphatic heterocycles. The largest absolute Gasteiger partial charge is 0.472 e. The predicted octanol–water partition coefficient (Wildman–Crippen LogP) is 3.15. The van der Waals surface area contributed by atoms with Crippen molar-refractivity contribution >= 4 is 5.95 Å². The predicted molar refractivity (Wildman–Crippen MR) is 72.4 cm³/mol. The number of hydrogen-bond donors (Lipinski definition) is 1. The smallest absolute Gasteiger partial charge is 0.223 e. The number of nitrogen functional groups attached to an aromatic ring is 1. The first kappa shape index (κ1) is 12.1. The molecule has 1 fully saturated rings. The molecule has 1 saturated carbocycles. The Kier molecular flexibility index (Phi) is 3.44. The highest BCUT2D eigenvalue weighted by Crippen LogP contribution is 2.30. The van der Waals surface area contributed by atoms with Gasteiger partial charge in [0.05, 0.1) is 11.8 Å². The number of anilines is 1. The van der Waals surface area contributed by atoms with Gasteiger partial charge >= 0.3 is 0 Å². The summed E-state index contributed by atoms with van der Waals surface area (Å²) in [7, 11) is 0. The molecule has 0 aromatic carbocycles. The normalized spacial score (nSPS) is 17.3. The highest BCUT2D eigenvalue weighted by atomic mass is 16.3. The van der Waals surface area contributed by atoms with Crippen LogP contribution in [-0.2, 0) is 0 Å². The Morgan fingerprint density at radius 1 is 1.05 bits per heavy atom. The summed E-state index contributed by atoms with van der Waals surface area (Å²) in [5, 5.41) is 0. The van der Waals surface area contributed by atoms with Crippen molar-refractivity contribution in [2.45, 2.75) is 44.4 Å². The maximum atomic E-state index is 5.82. The molecule has 2 heterocycles. The molecule has 5 nitrogen and oxygen atoms in total. The second kappa shape index (κ2) is 5.38. The minimum atomic E-state index is 0.297. The zero-order valence-corrected chi connectivity index (χ0v) is 10.9. The summed E-state index contributed by atoms with van der Waals surface area (Å²) in [6.45, 7) is 0. The quantitative estimate of drug-likeness (QED) is 0.837. The van der Waals surface area contributed by atoms with E-state index < -0.39 is 0 Å². The molecule has 1 aliphatic carbocycles. The van der Waals surface area contributed by atoms with E-state index in [1.54, 1.807) is 12.5 Å². The van der Waals surface area contributed by atoms with Gasteiger partial charge in [-0.05, 0) is 18.9 Å². The lowest BCUT2D eigenvalue weighted by Crippen LogP contribution is -2.09. The van der Waals surface area contributed by atoms with Gasteiger partial charge in [0, 0.05) is 5.92 Å². The van der Waals surface area contributed by atoms with Crippen LogP contribution in [0.2, 0.25) is 0 Å². The van der Waals surface area contributed by atoms with E-state index in [0.717, 1.165) is 24.2 Å². The van der Waals surface area contributed by atoms with Crippen LogP contribution in [0.5, 0.6) is 0 Å². The van der Waals surface area contributed by atoms with Gasteiger partial charge in [-0.25, -0.2) is 4.98 Å². The van der Waals surface area contributed by atoms with Crippen LogP contribution in [0.25, 0.3) is 11.4 Å². The molecular weight excluding hydrogens is 240 g/mol. The van der Waals surface area contributed by atoms with E-state index in [1.165, 1.54) is 25.7 Å². The van der Waals surface area contributed by atoms with Crippen LogP contribution in [0.4, 0.5) is 5.95 Å². The van der Waals surface area contributed by atoms with E-state index in [2.05, 4.69) is 15.0 Å². The highest BCUT2D eigenvalue weighted by Gasteiger charge is 2.19. The molecule has 0 atom stereocenters. The van der Waals surface area contributed by atoms with Crippen molar-refractivity contribution in [3.63, 3.8) is 0 Å². The monoisotopic (exact) mass is 258 g/mol. The standard InChI is InChI=1S/C14H18N4O/c15-14-17-12(10-5-3-1-2-4-6-10)16-13(18-14)11-7-8-19-9-11/h7-10H,1-6H2,(H2,15,16,17,18). The molecule has 100 valence electrons. The summed E-state index contributed by atoms with van der Waals surface area (Å²) in [6.07, 6.45) is 10.7. The Morgan fingerprint density at radius 2 is 1.84 bits per heavy atom.